The van der Waals surface area contributed by atoms with E-state index in [-0.39, 0.29) is 73.6 Å². The van der Waals surface area contributed by atoms with Crippen LogP contribution in [-0.2, 0) is 19.2 Å². The maximum atomic E-state index is 14.1. The number of nitrogens with one attached hydrogen (secondary N) is 3. The highest BCUT2D eigenvalue weighted by Gasteiger charge is 2.48. The Bertz CT molecular complexity index is 1150. The van der Waals surface area contributed by atoms with E-state index in [4.69, 9.17) is 11.5 Å². The standard InChI is InChI=1S/C30H40N6O4.2ClH/c1-2-23(32)28(38)35-27-21(18-33-25(37)17-31)13-14-22-15-16-24(36(22)30(27)40)29(39)34-26(19-9-5-3-6-10-19)20-11-7-4-8-12-20;;/h3-12,21-24,26-27H,2,13-18,31-32H2,1H3,(H,33,37)(H,34,39)(H,35,38);2*1H/t21-,22+,23+,24+,27+;;/m1../s1. The molecule has 2 aliphatic rings. The van der Waals surface area contributed by atoms with E-state index in [1.807, 2.05) is 60.7 Å². The van der Waals surface area contributed by atoms with E-state index < -0.39 is 24.0 Å². The highest BCUT2D eigenvalue weighted by Crippen LogP contribution is 2.34. The molecule has 4 rings (SSSR count). The van der Waals surface area contributed by atoms with Crippen molar-refractivity contribution in [2.24, 2.45) is 17.4 Å². The third-order valence-electron chi connectivity index (χ3n) is 8.04. The minimum absolute atomic E-state index is 0. The molecule has 0 bridgehead atoms. The predicted octanol–water partition coefficient (Wildman–Crippen LogP) is 1.80. The second kappa shape index (κ2) is 16.5. The molecule has 42 heavy (non-hydrogen) atoms. The Morgan fingerprint density at radius 3 is 2.05 bits per heavy atom. The van der Waals surface area contributed by atoms with Gasteiger partial charge in [-0.2, -0.15) is 0 Å². The van der Waals surface area contributed by atoms with Crippen molar-refractivity contribution in [2.75, 3.05) is 13.1 Å². The summed E-state index contributed by atoms with van der Waals surface area (Å²) in [7, 11) is 0. The van der Waals surface area contributed by atoms with Crippen molar-refractivity contribution in [1.82, 2.24) is 20.9 Å². The number of nitrogens with zero attached hydrogens (tertiary/aromatic N) is 1. The van der Waals surface area contributed by atoms with Gasteiger partial charge in [-0.15, -0.1) is 24.8 Å². The topological polar surface area (TPSA) is 160 Å². The molecule has 2 aromatic carbocycles. The molecule has 0 aliphatic carbocycles. The zero-order valence-electron chi connectivity index (χ0n) is 23.7. The van der Waals surface area contributed by atoms with E-state index in [1.165, 1.54) is 0 Å². The molecule has 0 spiro atoms. The summed E-state index contributed by atoms with van der Waals surface area (Å²) < 4.78 is 0. The monoisotopic (exact) mass is 620 g/mol. The van der Waals surface area contributed by atoms with Gasteiger partial charge in [0.25, 0.3) is 0 Å². The van der Waals surface area contributed by atoms with Crippen molar-refractivity contribution in [3.05, 3.63) is 71.8 Å². The van der Waals surface area contributed by atoms with Gasteiger partial charge in [0, 0.05) is 18.5 Å². The highest BCUT2D eigenvalue weighted by atomic mass is 35.5. The van der Waals surface area contributed by atoms with Gasteiger partial charge in [-0.25, -0.2) is 0 Å². The Balaban J connectivity index is 0.00000308. The Morgan fingerprint density at radius 2 is 1.50 bits per heavy atom. The van der Waals surface area contributed by atoms with Crippen LogP contribution in [0, 0.1) is 5.92 Å². The maximum absolute atomic E-state index is 14.1. The molecule has 7 N–H and O–H groups in total. The molecule has 2 heterocycles. The van der Waals surface area contributed by atoms with E-state index in [0.29, 0.717) is 32.1 Å². The number of amides is 4. The van der Waals surface area contributed by atoms with Gasteiger partial charge in [-0.1, -0.05) is 67.6 Å². The molecule has 2 aliphatic heterocycles. The Hall–Kier alpha value is -3.18. The van der Waals surface area contributed by atoms with Crippen LogP contribution in [0.15, 0.2) is 60.7 Å². The van der Waals surface area contributed by atoms with Gasteiger partial charge < -0.3 is 32.3 Å². The zero-order valence-corrected chi connectivity index (χ0v) is 25.4. The summed E-state index contributed by atoms with van der Waals surface area (Å²) in [5.41, 5.74) is 13.3. The molecule has 0 radical (unpaired) electrons. The van der Waals surface area contributed by atoms with Crippen LogP contribution in [0.4, 0.5) is 0 Å². The summed E-state index contributed by atoms with van der Waals surface area (Å²) in [4.78, 5) is 54.3. The molecule has 4 amide bonds. The molecule has 12 heteroatoms. The van der Waals surface area contributed by atoms with Gasteiger partial charge in [0.2, 0.25) is 23.6 Å². The van der Waals surface area contributed by atoms with Crippen LogP contribution in [0.3, 0.4) is 0 Å². The fourth-order valence-electron chi connectivity index (χ4n) is 5.74. The zero-order chi connectivity index (χ0) is 28.6. The lowest BCUT2D eigenvalue weighted by molar-refractivity contribution is -0.143. The van der Waals surface area contributed by atoms with Gasteiger partial charge in [-0.3, -0.25) is 19.2 Å². The van der Waals surface area contributed by atoms with Crippen molar-refractivity contribution < 1.29 is 19.2 Å². The third kappa shape index (κ3) is 8.22. The summed E-state index contributed by atoms with van der Waals surface area (Å²) in [5.74, 6) is -1.68. The Morgan fingerprint density at radius 1 is 0.929 bits per heavy atom. The second-order valence-corrected chi connectivity index (χ2v) is 10.6. The van der Waals surface area contributed by atoms with Crippen molar-refractivity contribution in [2.45, 2.75) is 69.2 Å². The average molecular weight is 622 g/mol. The fraction of sp³-hybridized carbons (Fsp3) is 0.467. The first-order valence-corrected chi connectivity index (χ1v) is 14.1. The number of carbonyl (C=O) groups is 4. The number of carbonyl (C=O) groups excluding carboxylic acids is 4. The van der Waals surface area contributed by atoms with Crippen LogP contribution in [0.2, 0.25) is 0 Å². The summed E-state index contributed by atoms with van der Waals surface area (Å²) in [6.07, 6.45) is 2.88. The highest BCUT2D eigenvalue weighted by molar-refractivity contribution is 5.94. The number of fused-ring (bicyclic) bond motifs is 1. The van der Waals surface area contributed by atoms with Crippen LogP contribution < -0.4 is 27.4 Å². The Labute approximate surface area is 259 Å². The predicted molar refractivity (Wildman–Crippen MR) is 166 cm³/mol. The molecule has 10 nitrogen and oxygen atoms in total. The van der Waals surface area contributed by atoms with E-state index in [9.17, 15) is 19.2 Å². The third-order valence-corrected chi connectivity index (χ3v) is 8.04. The lowest BCUT2D eigenvalue weighted by Crippen LogP contribution is -2.59. The molecular formula is C30H42Cl2N6O4. The molecule has 2 aromatic rings. The largest absolute Gasteiger partial charge is 0.355 e. The lowest BCUT2D eigenvalue weighted by Gasteiger charge is -2.33. The number of hydrogen-bond acceptors (Lipinski definition) is 6. The number of benzene rings is 2. The number of halogens is 2. The lowest BCUT2D eigenvalue weighted by atomic mass is 9.92. The number of nitrogens with two attached hydrogens (primary N) is 2. The van der Waals surface area contributed by atoms with Gasteiger partial charge in [0.1, 0.15) is 12.1 Å². The molecule has 5 atom stereocenters. The van der Waals surface area contributed by atoms with E-state index in [2.05, 4.69) is 16.0 Å². The molecular weight excluding hydrogens is 579 g/mol. The maximum Gasteiger partial charge on any atom is 0.246 e. The molecule has 230 valence electrons. The molecule has 0 unspecified atom stereocenters. The minimum atomic E-state index is -0.916. The molecule has 0 saturated carbocycles. The quantitative estimate of drug-likeness (QED) is 0.272. The molecule has 2 fully saturated rings. The first-order chi connectivity index (χ1) is 19.3. The van der Waals surface area contributed by atoms with Crippen molar-refractivity contribution in [3.8, 4) is 0 Å². The summed E-state index contributed by atoms with van der Waals surface area (Å²) in [6.45, 7) is 1.82. The number of hydrogen-bond donors (Lipinski definition) is 5. The van der Waals surface area contributed by atoms with Gasteiger partial charge >= 0.3 is 0 Å². The molecule has 2 saturated heterocycles. The van der Waals surface area contributed by atoms with Crippen LogP contribution in [0.25, 0.3) is 0 Å². The van der Waals surface area contributed by atoms with Gasteiger partial charge in [-0.05, 0) is 43.2 Å². The van der Waals surface area contributed by atoms with E-state index >= 15 is 0 Å². The van der Waals surface area contributed by atoms with Crippen LogP contribution >= 0.6 is 24.8 Å². The smallest absolute Gasteiger partial charge is 0.246 e. The van der Waals surface area contributed by atoms with Crippen molar-refractivity contribution >= 4 is 48.4 Å². The van der Waals surface area contributed by atoms with Gasteiger partial charge in [0.05, 0.1) is 18.6 Å². The van der Waals surface area contributed by atoms with E-state index in [1.54, 1.807) is 11.8 Å². The summed E-state index contributed by atoms with van der Waals surface area (Å²) in [6, 6.07) is 16.6. The first-order valence-electron chi connectivity index (χ1n) is 14.1. The second-order valence-electron chi connectivity index (χ2n) is 10.6. The number of rotatable bonds is 10. The van der Waals surface area contributed by atoms with Gasteiger partial charge in [0.15, 0.2) is 0 Å². The van der Waals surface area contributed by atoms with Crippen molar-refractivity contribution in [1.29, 1.82) is 0 Å². The SMILES string of the molecule is CC[C@H](N)C(=O)N[C@@H]1C(=O)N2[C@@H](CC[C@@H]1CNC(=O)CN)CC[C@H]2C(=O)NC(c1ccccc1)c1ccccc1.Cl.Cl. The first kappa shape index (κ1) is 35.0. The average Bonchev–Trinajstić information content (AvgIpc) is 3.37. The molecule has 0 aromatic heterocycles. The van der Waals surface area contributed by atoms with Crippen molar-refractivity contribution in [3.63, 3.8) is 0 Å². The minimum Gasteiger partial charge on any atom is -0.355 e. The normalized spacial score (nSPS) is 22.1. The summed E-state index contributed by atoms with van der Waals surface area (Å²) in [5, 5.41) is 8.81. The van der Waals surface area contributed by atoms with Crippen LogP contribution in [-0.4, -0.2) is 65.8 Å². The Kier molecular flexibility index (Phi) is 13.7. The van der Waals surface area contributed by atoms with Crippen LogP contribution in [0.5, 0.6) is 0 Å². The fourth-order valence-corrected chi connectivity index (χ4v) is 5.74. The summed E-state index contributed by atoms with van der Waals surface area (Å²) >= 11 is 0. The van der Waals surface area contributed by atoms with E-state index in [0.717, 1.165) is 11.1 Å². The van der Waals surface area contributed by atoms with Crippen LogP contribution in [0.1, 0.15) is 56.2 Å².